The van der Waals surface area contributed by atoms with E-state index in [9.17, 15) is 5.21 Å². The lowest BCUT2D eigenvalue weighted by atomic mass is 10.2. The first-order valence-corrected chi connectivity index (χ1v) is 5.74. The van der Waals surface area contributed by atoms with Gasteiger partial charge in [-0.15, -0.1) is 0 Å². The molecule has 0 saturated heterocycles. The Balaban J connectivity index is 2.07. The molecule has 0 amide bonds. The van der Waals surface area contributed by atoms with Crippen LogP contribution >= 0.6 is 0 Å². The Kier molecular flexibility index (Phi) is 3.97. The van der Waals surface area contributed by atoms with Gasteiger partial charge in [0.1, 0.15) is 5.75 Å². The predicted molar refractivity (Wildman–Crippen MR) is 71.9 cm³/mol. The number of rotatable bonds is 4. The van der Waals surface area contributed by atoms with E-state index in [1.165, 1.54) is 0 Å². The molecule has 0 bridgehead atoms. The average Bonchev–Trinajstić information content (AvgIpc) is 2.40. The molecule has 3 heteroatoms. The van der Waals surface area contributed by atoms with Gasteiger partial charge in [-0.2, -0.15) is 0 Å². The van der Waals surface area contributed by atoms with Gasteiger partial charge >= 0.3 is 0 Å². The van der Waals surface area contributed by atoms with Crippen molar-refractivity contribution in [3.8, 4) is 5.75 Å². The zero-order chi connectivity index (χ0) is 12.8. The molecule has 0 aliphatic carbocycles. The minimum absolute atomic E-state index is 0.354. The van der Waals surface area contributed by atoms with Gasteiger partial charge in [0.05, 0.1) is 7.11 Å². The largest absolute Gasteiger partial charge is 0.624 e. The predicted octanol–water partition coefficient (Wildman–Crippen LogP) is 2.82. The molecule has 0 unspecified atom stereocenters. The fourth-order valence-corrected chi connectivity index (χ4v) is 1.67. The topological polar surface area (TPSA) is 35.3 Å². The van der Waals surface area contributed by atoms with Crippen molar-refractivity contribution in [2.45, 2.75) is 6.54 Å². The zero-order valence-electron chi connectivity index (χ0n) is 10.2. The molecule has 0 atom stereocenters. The second-order valence-electron chi connectivity index (χ2n) is 3.96. The van der Waals surface area contributed by atoms with Crippen LogP contribution in [0.15, 0.2) is 54.6 Å². The number of hydrogen-bond acceptors (Lipinski definition) is 2. The van der Waals surface area contributed by atoms with Gasteiger partial charge in [0, 0.05) is 11.1 Å². The summed E-state index contributed by atoms with van der Waals surface area (Å²) in [5.41, 5.74) is 1.86. The highest BCUT2D eigenvalue weighted by Gasteiger charge is 1.99. The summed E-state index contributed by atoms with van der Waals surface area (Å²) >= 11 is 0. The third-order valence-corrected chi connectivity index (χ3v) is 2.59. The first-order valence-electron chi connectivity index (χ1n) is 5.74. The summed E-state index contributed by atoms with van der Waals surface area (Å²) in [7, 11) is 1.62. The van der Waals surface area contributed by atoms with Crippen LogP contribution in [0.4, 0.5) is 0 Å². The molecule has 18 heavy (non-hydrogen) atoms. The lowest BCUT2D eigenvalue weighted by molar-refractivity contribution is -0.469. The minimum atomic E-state index is 0.354. The van der Waals surface area contributed by atoms with E-state index in [1.54, 1.807) is 13.3 Å². The molecule has 0 spiro atoms. The second-order valence-corrected chi connectivity index (χ2v) is 3.96. The number of methoxy groups -OCH3 is 1. The Morgan fingerprint density at radius 3 is 2.33 bits per heavy atom. The van der Waals surface area contributed by atoms with Crippen LogP contribution in [0, 0.1) is 5.21 Å². The summed E-state index contributed by atoms with van der Waals surface area (Å²) in [5, 5.41) is 11.8. The summed E-state index contributed by atoms with van der Waals surface area (Å²) in [5.74, 6) is 0.785. The maximum absolute atomic E-state index is 11.8. The molecular formula is C15H15NO2. The van der Waals surface area contributed by atoms with Gasteiger partial charge in [-0.25, -0.2) is 4.74 Å². The first-order chi connectivity index (χ1) is 8.78. The quantitative estimate of drug-likeness (QED) is 0.357. The van der Waals surface area contributed by atoms with Crippen LogP contribution in [-0.2, 0) is 6.54 Å². The minimum Gasteiger partial charge on any atom is -0.624 e. The van der Waals surface area contributed by atoms with Crippen molar-refractivity contribution in [2.24, 2.45) is 0 Å². The van der Waals surface area contributed by atoms with Gasteiger partial charge in [-0.05, 0) is 24.3 Å². The van der Waals surface area contributed by atoms with E-state index in [1.807, 2.05) is 54.6 Å². The maximum atomic E-state index is 11.8. The third-order valence-electron chi connectivity index (χ3n) is 2.59. The molecule has 0 aliphatic rings. The molecule has 0 aliphatic heterocycles. The van der Waals surface area contributed by atoms with Gasteiger partial charge in [0.25, 0.3) is 0 Å². The normalized spacial score (nSPS) is 11.3. The van der Waals surface area contributed by atoms with Gasteiger partial charge in [-0.1, -0.05) is 30.3 Å². The summed E-state index contributed by atoms with van der Waals surface area (Å²) in [4.78, 5) is 0. The van der Waals surface area contributed by atoms with E-state index in [-0.39, 0.29) is 0 Å². The average molecular weight is 241 g/mol. The first kappa shape index (κ1) is 12.2. The smallest absolute Gasteiger partial charge is 0.182 e. The van der Waals surface area contributed by atoms with E-state index in [4.69, 9.17) is 4.74 Å². The molecule has 0 aromatic heterocycles. The molecule has 0 radical (unpaired) electrons. The second kappa shape index (κ2) is 5.87. The van der Waals surface area contributed by atoms with Crippen LogP contribution in [-0.4, -0.2) is 18.1 Å². The molecule has 0 heterocycles. The lowest BCUT2D eigenvalue weighted by Crippen LogP contribution is -2.05. The highest BCUT2D eigenvalue weighted by molar-refractivity contribution is 5.75. The van der Waals surface area contributed by atoms with Crippen molar-refractivity contribution in [1.82, 2.24) is 0 Å². The third kappa shape index (κ3) is 3.35. The Bertz CT molecular complexity index is 518. The monoisotopic (exact) mass is 241 g/mol. The molecule has 0 N–H and O–H groups in total. The Morgan fingerprint density at radius 1 is 1.06 bits per heavy atom. The van der Waals surface area contributed by atoms with Gasteiger partial charge < -0.3 is 9.94 Å². The zero-order valence-corrected chi connectivity index (χ0v) is 10.2. The number of ether oxygens (including phenoxy) is 1. The van der Waals surface area contributed by atoms with E-state index < -0.39 is 0 Å². The summed E-state index contributed by atoms with van der Waals surface area (Å²) < 4.78 is 5.99. The fraction of sp³-hybridized carbons (Fsp3) is 0.133. The molecule has 92 valence electrons. The molecule has 2 aromatic rings. The van der Waals surface area contributed by atoms with Crippen LogP contribution in [0.2, 0.25) is 0 Å². The van der Waals surface area contributed by atoms with Crippen molar-refractivity contribution in [1.29, 1.82) is 0 Å². The summed E-state index contributed by atoms with van der Waals surface area (Å²) in [6, 6.07) is 17.0. The summed E-state index contributed by atoms with van der Waals surface area (Å²) in [6.07, 6.45) is 1.58. The standard InChI is InChI=1S/C15H15NO2/c1-18-15-9-7-14(8-10-15)12-16(17)11-13-5-3-2-4-6-13/h2-10,12H,11H2,1H3/b16-12-. The SMILES string of the molecule is COc1ccc(/C=[N+](\[O-])Cc2ccccc2)cc1. The van der Waals surface area contributed by atoms with Crippen molar-refractivity contribution in [2.75, 3.05) is 7.11 Å². The van der Waals surface area contributed by atoms with Crippen molar-refractivity contribution < 1.29 is 9.48 Å². The molecule has 0 fully saturated rings. The number of hydrogen-bond donors (Lipinski definition) is 0. The van der Waals surface area contributed by atoms with E-state index in [0.717, 1.165) is 21.6 Å². The molecule has 2 aromatic carbocycles. The number of nitrogens with zero attached hydrogens (tertiary/aromatic N) is 1. The number of hydroxylamine groups is 1. The fourth-order valence-electron chi connectivity index (χ4n) is 1.67. The Hall–Kier alpha value is -2.29. The Morgan fingerprint density at radius 2 is 1.72 bits per heavy atom. The summed E-state index contributed by atoms with van der Waals surface area (Å²) in [6.45, 7) is 0.354. The van der Waals surface area contributed by atoms with Gasteiger partial charge in [0.2, 0.25) is 0 Å². The van der Waals surface area contributed by atoms with Crippen LogP contribution in [0.3, 0.4) is 0 Å². The Labute approximate surface area is 107 Å². The van der Waals surface area contributed by atoms with E-state index >= 15 is 0 Å². The van der Waals surface area contributed by atoms with E-state index in [0.29, 0.717) is 6.54 Å². The van der Waals surface area contributed by atoms with Crippen LogP contribution in [0.5, 0.6) is 5.75 Å². The van der Waals surface area contributed by atoms with Crippen LogP contribution < -0.4 is 4.74 Å². The van der Waals surface area contributed by atoms with Crippen LogP contribution in [0.25, 0.3) is 0 Å². The molecular weight excluding hydrogens is 226 g/mol. The number of benzene rings is 2. The van der Waals surface area contributed by atoms with Crippen molar-refractivity contribution >= 4 is 6.21 Å². The van der Waals surface area contributed by atoms with Crippen molar-refractivity contribution in [3.05, 3.63) is 70.9 Å². The highest BCUT2D eigenvalue weighted by atomic mass is 16.5. The van der Waals surface area contributed by atoms with Crippen molar-refractivity contribution in [3.63, 3.8) is 0 Å². The molecule has 2 rings (SSSR count). The van der Waals surface area contributed by atoms with Gasteiger partial charge in [-0.3, -0.25) is 0 Å². The van der Waals surface area contributed by atoms with E-state index in [2.05, 4.69) is 0 Å². The maximum Gasteiger partial charge on any atom is 0.182 e. The molecule has 0 saturated carbocycles. The highest BCUT2D eigenvalue weighted by Crippen LogP contribution is 2.10. The molecule has 3 nitrogen and oxygen atoms in total. The lowest BCUT2D eigenvalue weighted by Gasteiger charge is -2.04. The van der Waals surface area contributed by atoms with Crippen LogP contribution in [0.1, 0.15) is 11.1 Å². The van der Waals surface area contributed by atoms with Gasteiger partial charge in [0.15, 0.2) is 12.8 Å².